The Balaban J connectivity index is 3.04. The lowest BCUT2D eigenvalue weighted by atomic mass is 10.1. The first-order chi connectivity index (χ1) is 8.49. The number of non-ortho nitro benzene ring substituents is 1. The van der Waals surface area contributed by atoms with E-state index in [-0.39, 0.29) is 5.69 Å². The Morgan fingerprint density at radius 1 is 1.50 bits per heavy atom. The molecule has 0 spiro atoms. The zero-order valence-corrected chi connectivity index (χ0v) is 11.0. The number of nitro benzene ring substituents is 1. The summed E-state index contributed by atoms with van der Waals surface area (Å²) in [5.41, 5.74) is 4.23. The summed E-state index contributed by atoms with van der Waals surface area (Å²) in [4.78, 5) is 12.6. The van der Waals surface area contributed by atoms with E-state index in [9.17, 15) is 10.1 Å². The number of nitrogen functional groups attached to an aromatic ring is 1. The van der Waals surface area contributed by atoms with Gasteiger partial charge in [0.25, 0.3) is 5.69 Å². The molecule has 0 fully saturated rings. The van der Waals surface area contributed by atoms with Crippen molar-refractivity contribution in [3.63, 3.8) is 0 Å². The van der Waals surface area contributed by atoms with E-state index in [4.69, 9.17) is 5.84 Å². The van der Waals surface area contributed by atoms with Crippen LogP contribution in [-0.4, -0.2) is 22.4 Å². The van der Waals surface area contributed by atoms with E-state index >= 15 is 0 Å². The van der Waals surface area contributed by atoms with Crippen LogP contribution in [0.15, 0.2) is 18.2 Å². The number of nitrogens with two attached hydrogens (primary N) is 1. The molecule has 0 bridgehead atoms. The third-order valence-electron chi connectivity index (χ3n) is 2.97. The molecule has 1 rings (SSSR count). The largest absolute Gasteiger partial charge is 0.324 e. The molecule has 6 heteroatoms. The van der Waals surface area contributed by atoms with Crippen molar-refractivity contribution < 1.29 is 4.92 Å². The number of hydrogen-bond acceptors (Lipinski definition) is 5. The summed E-state index contributed by atoms with van der Waals surface area (Å²) in [6, 6.07) is 5.03. The lowest BCUT2D eigenvalue weighted by Gasteiger charge is -2.25. The number of benzene rings is 1. The number of hydrogen-bond donors (Lipinski definition) is 2. The van der Waals surface area contributed by atoms with E-state index < -0.39 is 4.92 Å². The smallest absolute Gasteiger partial charge is 0.269 e. The molecule has 1 aromatic carbocycles. The van der Waals surface area contributed by atoms with E-state index in [2.05, 4.69) is 31.1 Å². The van der Waals surface area contributed by atoms with Gasteiger partial charge in [0.05, 0.1) is 10.6 Å². The van der Waals surface area contributed by atoms with Crippen molar-refractivity contribution >= 4 is 11.4 Å². The molecule has 0 aliphatic rings. The molecule has 3 N–H and O–H groups in total. The number of hydrazine groups is 1. The Morgan fingerprint density at radius 2 is 2.17 bits per heavy atom. The first-order valence-electron chi connectivity index (χ1n) is 5.97. The molecule has 0 aliphatic heterocycles. The molecule has 0 saturated heterocycles. The highest BCUT2D eigenvalue weighted by Gasteiger charge is 2.14. The van der Waals surface area contributed by atoms with Gasteiger partial charge >= 0.3 is 0 Å². The molecule has 1 aromatic rings. The Bertz CT molecular complexity index is 421. The average Bonchev–Trinajstić information content (AvgIpc) is 2.35. The maximum absolute atomic E-state index is 10.8. The van der Waals surface area contributed by atoms with Crippen molar-refractivity contribution in [1.29, 1.82) is 0 Å². The molecule has 0 unspecified atom stereocenters. The van der Waals surface area contributed by atoms with Crippen LogP contribution >= 0.6 is 0 Å². The van der Waals surface area contributed by atoms with Gasteiger partial charge < -0.3 is 5.43 Å². The molecule has 0 aromatic heterocycles. The van der Waals surface area contributed by atoms with Gasteiger partial charge in [0.15, 0.2) is 0 Å². The van der Waals surface area contributed by atoms with Gasteiger partial charge in [-0.25, -0.2) is 0 Å². The highest BCUT2D eigenvalue weighted by molar-refractivity contribution is 5.55. The fourth-order valence-corrected chi connectivity index (χ4v) is 1.84. The van der Waals surface area contributed by atoms with Gasteiger partial charge in [-0.15, -0.1) is 0 Å². The molecule has 0 amide bonds. The maximum Gasteiger partial charge on any atom is 0.269 e. The van der Waals surface area contributed by atoms with Gasteiger partial charge in [0.1, 0.15) is 0 Å². The monoisotopic (exact) mass is 252 g/mol. The maximum atomic E-state index is 10.8. The van der Waals surface area contributed by atoms with Crippen molar-refractivity contribution in [2.24, 2.45) is 5.84 Å². The Labute approximate surface area is 107 Å². The highest BCUT2D eigenvalue weighted by Crippen LogP contribution is 2.23. The minimum Gasteiger partial charge on any atom is -0.324 e. The van der Waals surface area contributed by atoms with Crippen LogP contribution in [0.1, 0.15) is 26.3 Å². The quantitative estimate of drug-likeness (QED) is 0.460. The lowest BCUT2D eigenvalue weighted by Crippen LogP contribution is -2.30. The van der Waals surface area contributed by atoms with Crippen molar-refractivity contribution in [3.05, 3.63) is 33.9 Å². The summed E-state index contributed by atoms with van der Waals surface area (Å²) in [5.74, 6) is 5.43. The number of nitrogens with one attached hydrogen (secondary N) is 1. The van der Waals surface area contributed by atoms with E-state index in [1.165, 1.54) is 6.07 Å². The van der Waals surface area contributed by atoms with Gasteiger partial charge in [-0.3, -0.25) is 20.9 Å². The van der Waals surface area contributed by atoms with Gasteiger partial charge in [0.2, 0.25) is 0 Å². The minimum absolute atomic E-state index is 0.0869. The van der Waals surface area contributed by atoms with Crippen molar-refractivity contribution in [2.75, 3.05) is 12.0 Å². The van der Waals surface area contributed by atoms with Crippen LogP contribution < -0.4 is 11.3 Å². The first kappa shape index (κ1) is 14.4. The number of rotatable bonds is 6. The zero-order chi connectivity index (χ0) is 13.7. The third kappa shape index (κ3) is 3.41. The van der Waals surface area contributed by atoms with Crippen LogP contribution in [0.2, 0.25) is 0 Å². The summed E-state index contributed by atoms with van der Waals surface area (Å²) in [6.45, 7) is 7.76. The molecule has 0 heterocycles. The minimum atomic E-state index is -0.393. The molecule has 0 saturated carbocycles. The van der Waals surface area contributed by atoms with Crippen LogP contribution in [-0.2, 0) is 6.54 Å². The summed E-state index contributed by atoms with van der Waals surface area (Å²) < 4.78 is 0. The predicted octanol–water partition coefficient (Wildman–Crippen LogP) is 2.11. The van der Waals surface area contributed by atoms with Crippen molar-refractivity contribution in [1.82, 2.24) is 4.90 Å². The molecule has 0 atom stereocenters. The summed E-state index contributed by atoms with van der Waals surface area (Å²) in [6.07, 6.45) is 0. The molecule has 0 radical (unpaired) electrons. The van der Waals surface area contributed by atoms with E-state index in [1.54, 1.807) is 12.1 Å². The van der Waals surface area contributed by atoms with Crippen LogP contribution in [0.25, 0.3) is 0 Å². The van der Waals surface area contributed by atoms with Gasteiger partial charge in [-0.2, -0.15) is 0 Å². The fraction of sp³-hybridized carbons (Fsp3) is 0.500. The Morgan fingerprint density at radius 3 is 2.61 bits per heavy atom. The van der Waals surface area contributed by atoms with Crippen LogP contribution in [0.4, 0.5) is 11.4 Å². The normalized spacial score (nSPS) is 11.0. The van der Waals surface area contributed by atoms with E-state index in [0.717, 1.165) is 17.8 Å². The Kier molecular flexibility index (Phi) is 5.06. The van der Waals surface area contributed by atoms with Crippen molar-refractivity contribution in [2.45, 2.75) is 33.4 Å². The molecule has 18 heavy (non-hydrogen) atoms. The second-order valence-corrected chi connectivity index (χ2v) is 4.40. The lowest BCUT2D eigenvalue weighted by molar-refractivity contribution is -0.384. The van der Waals surface area contributed by atoms with Gasteiger partial charge in [0, 0.05) is 24.7 Å². The molecule has 100 valence electrons. The fourth-order valence-electron chi connectivity index (χ4n) is 1.84. The standard InChI is InChI=1S/C12H20N4O2/c1-4-15(9(2)3)8-10-7-11(16(17)18)5-6-12(10)14-13/h5-7,9,14H,4,8,13H2,1-3H3. The van der Waals surface area contributed by atoms with Gasteiger partial charge in [-0.1, -0.05) is 6.92 Å². The van der Waals surface area contributed by atoms with E-state index in [0.29, 0.717) is 12.6 Å². The molecular formula is C12H20N4O2. The second-order valence-electron chi connectivity index (χ2n) is 4.40. The average molecular weight is 252 g/mol. The van der Waals surface area contributed by atoms with Crippen LogP contribution in [0, 0.1) is 10.1 Å². The summed E-state index contributed by atoms with van der Waals surface area (Å²) >= 11 is 0. The second kappa shape index (κ2) is 6.32. The SMILES string of the molecule is CCN(Cc1cc([N+](=O)[O-])ccc1NN)C(C)C. The first-order valence-corrected chi connectivity index (χ1v) is 5.97. The van der Waals surface area contributed by atoms with Crippen molar-refractivity contribution in [3.8, 4) is 0 Å². The predicted molar refractivity (Wildman–Crippen MR) is 72.1 cm³/mol. The van der Waals surface area contributed by atoms with E-state index in [1.807, 2.05) is 0 Å². The number of nitrogens with zero attached hydrogens (tertiary/aromatic N) is 2. The Hall–Kier alpha value is -1.66. The van der Waals surface area contributed by atoms with Crippen LogP contribution in [0.3, 0.4) is 0 Å². The summed E-state index contributed by atoms with van der Waals surface area (Å²) in [7, 11) is 0. The molecular weight excluding hydrogens is 232 g/mol. The number of nitro groups is 1. The van der Waals surface area contributed by atoms with Gasteiger partial charge in [-0.05, 0) is 32.0 Å². The highest BCUT2D eigenvalue weighted by atomic mass is 16.6. The number of anilines is 1. The molecule has 6 nitrogen and oxygen atoms in total. The summed E-state index contributed by atoms with van der Waals surface area (Å²) in [5, 5.41) is 10.8. The zero-order valence-electron chi connectivity index (χ0n) is 11.0. The third-order valence-corrected chi connectivity index (χ3v) is 2.97. The van der Waals surface area contributed by atoms with Crippen LogP contribution in [0.5, 0.6) is 0 Å². The molecule has 0 aliphatic carbocycles. The topological polar surface area (TPSA) is 84.4 Å².